The number of anilines is 1. The van der Waals surface area contributed by atoms with E-state index in [1.54, 1.807) is 14.0 Å². The lowest BCUT2D eigenvalue weighted by molar-refractivity contribution is 0.103. The highest BCUT2D eigenvalue weighted by Gasteiger charge is 2.17. The summed E-state index contributed by atoms with van der Waals surface area (Å²) in [6, 6.07) is 9.58. The molecule has 0 aliphatic carbocycles. The molecule has 0 amide bonds. The molecule has 6 nitrogen and oxygen atoms in total. The van der Waals surface area contributed by atoms with Gasteiger partial charge < -0.3 is 15.2 Å². The highest BCUT2D eigenvalue weighted by Crippen LogP contribution is 2.26. The van der Waals surface area contributed by atoms with Crippen LogP contribution >= 0.6 is 11.3 Å². The van der Waals surface area contributed by atoms with Gasteiger partial charge in [0.2, 0.25) is 5.78 Å². The van der Waals surface area contributed by atoms with Crippen LogP contribution in [0, 0.1) is 6.92 Å². The Morgan fingerprint density at radius 2 is 2.04 bits per heavy atom. The normalized spacial score (nSPS) is 11.6. The van der Waals surface area contributed by atoms with Crippen LogP contribution in [-0.2, 0) is 6.54 Å². The van der Waals surface area contributed by atoms with E-state index in [1.165, 1.54) is 17.4 Å². The van der Waals surface area contributed by atoms with E-state index in [0.717, 1.165) is 21.7 Å². The number of ether oxygens (including phenoxy) is 1. The van der Waals surface area contributed by atoms with E-state index in [1.807, 2.05) is 37.3 Å². The van der Waals surface area contributed by atoms with Crippen molar-refractivity contribution >= 4 is 33.3 Å². The maximum atomic E-state index is 12.6. The lowest BCUT2D eigenvalue weighted by Crippen LogP contribution is -2.10. The second-order valence-electron chi connectivity index (χ2n) is 6.02. The molecule has 0 spiro atoms. The molecule has 3 aromatic rings. The van der Waals surface area contributed by atoms with E-state index < -0.39 is 0 Å². The number of carbonyl (C=O) groups excluding carboxylic acids is 1. The molecule has 140 valence electrons. The number of ketones is 1. The Morgan fingerprint density at radius 1 is 1.30 bits per heavy atom. The van der Waals surface area contributed by atoms with Crippen LogP contribution in [0.4, 0.5) is 5.82 Å². The number of aryl methyl sites for hydroxylation is 1. The van der Waals surface area contributed by atoms with E-state index in [-0.39, 0.29) is 17.2 Å². The largest absolute Gasteiger partial charge is 0.512 e. The summed E-state index contributed by atoms with van der Waals surface area (Å²) in [7, 11) is 1.62. The summed E-state index contributed by atoms with van der Waals surface area (Å²) in [5.74, 6) is 0.837. The number of benzene rings is 1. The van der Waals surface area contributed by atoms with E-state index >= 15 is 0 Å². The number of nitrogens with one attached hydrogen (secondary N) is 1. The standard InChI is InChI=1S/C20H21N3O3S/c1-4-14(24)10-17(25)18-19(22-16-9-12(2)27-20(16)23-18)21-11-13-5-7-15(26-3)8-6-13/h5-10,24H,4,11H2,1-3H3,(H,21,22). The van der Waals surface area contributed by atoms with E-state index in [2.05, 4.69) is 15.3 Å². The van der Waals surface area contributed by atoms with E-state index in [0.29, 0.717) is 23.6 Å². The molecule has 0 saturated heterocycles. The highest BCUT2D eigenvalue weighted by molar-refractivity contribution is 7.18. The minimum absolute atomic E-state index is 0.0189. The van der Waals surface area contributed by atoms with E-state index in [9.17, 15) is 9.90 Å². The zero-order valence-electron chi connectivity index (χ0n) is 15.4. The monoisotopic (exact) mass is 383 g/mol. The first kappa shape index (κ1) is 18.8. The van der Waals surface area contributed by atoms with Gasteiger partial charge in [-0.1, -0.05) is 19.1 Å². The fraction of sp³-hybridized carbons (Fsp3) is 0.250. The molecule has 0 aliphatic rings. The van der Waals surface area contributed by atoms with Crippen LogP contribution in [0.15, 0.2) is 42.2 Å². The number of rotatable bonds is 7. The molecule has 27 heavy (non-hydrogen) atoms. The summed E-state index contributed by atoms with van der Waals surface area (Å²) in [5, 5.41) is 12.9. The average molecular weight is 383 g/mol. The Hall–Kier alpha value is -2.93. The molecule has 0 fully saturated rings. The molecule has 0 radical (unpaired) electrons. The predicted molar refractivity (Wildman–Crippen MR) is 108 cm³/mol. The topological polar surface area (TPSA) is 84.3 Å². The number of hydrogen-bond acceptors (Lipinski definition) is 7. The fourth-order valence-corrected chi connectivity index (χ4v) is 3.34. The van der Waals surface area contributed by atoms with Crippen LogP contribution < -0.4 is 10.1 Å². The number of nitrogens with zero attached hydrogens (tertiary/aromatic N) is 2. The van der Waals surface area contributed by atoms with Crippen molar-refractivity contribution in [3.8, 4) is 5.75 Å². The fourth-order valence-electron chi connectivity index (χ4n) is 2.52. The average Bonchev–Trinajstić information content (AvgIpc) is 3.04. The van der Waals surface area contributed by atoms with Crippen LogP contribution in [0.1, 0.15) is 34.3 Å². The molecule has 2 N–H and O–H groups in total. The SMILES string of the molecule is CCC(O)=CC(=O)c1nc2sc(C)cc2nc1NCc1ccc(OC)cc1. The third-order valence-corrected chi connectivity index (χ3v) is 4.93. The van der Waals surface area contributed by atoms with E-state index in [4.69, 9.17) is 4.74 Å². The van der Waals surface area contributed by atoms with Crippen molar-refractivity contribution in [2.45, 2.75) is 26.8 Å². The zero-order valence-corrected chi connectivity index (χ0v) is 16.3. The Labute approximate surface area is 161 Å². The van der Waals surface area contributed by atoms with Crippen LogP contribution in [0.25, 0.3) is 10.3 Å². The molecule has 0 bridgehead atoms. The predicted octanol–water partition coefficient (Wildman–Crippen LogP) is 4.66. The molecule has 0 aliphatic heterocycles. The summed E-state index contributed by atoms with van der Waals surface area (Å²) in [5.41, 5.74) is 1.97. The van der Waals surface area contributed by atoms with Gasteiger partial charge in [-0.3, -0.25) is 4.79 Å². The van der Waals surface area contributed by atoms with Crippen molar-refractivity contribution in [3.63, 3.8) is 0 Å². The Kier molecular flexibility index (Phi) is 5.71. The van der Waals surface area contributed by atoms with Gasteiger partial charge in [-0.25, -0.2) is 9.97 Å². The first-order valence-electron chi connectivity index (χ1n) is 8.59. The van der Waals surface area contributed by atoms with Gasteiger partial charge in [-0.2, -0.15) is 0 Å². The van der Waals surface area contributed by atoms with Crippen molar-refractivity contribution < 1.29 is 14.6 Å². The third kappa shape index (κ3) is 4.43. The highest BCUT2D eigenvalue weighted by atomic mass is 32.1. The number of allylic oxidation sites excluding steroid dienone is 2. The van der Waals surface area contributed by atoms with Crippen molar-refractivity contribution in [2.24, 2.45) is 0 Å². The molecule has 0 saturated carbocycles. The zero-order chi connectivity index (χ0) is 19.4. The number of methoxy groups -OCH3 is 1. The van der Waals surface area contributed by atoms with Gasteiger partial charge in [0, 0.05) is 23.9 Å². The van der Waals surface area contributed by atoms with Gasteiger partial charge in [-0.05, 0) is 30.7 Å². The third-order valence-electron chi connectivity index (χ3n) is 4.00. The minimum atomic E-state index is -0.368. The van der Waals surface area contributed by atoms with Crippen molar-refractivity contribution in [1.29, 1.82) is 0 Å². The lowest BCUT2D eigenvalue weighted by atomic mass is 10.2. The molecule has 3 rings (SSSR count). The number of fused-ring (bicyclic) bond motifs is 1. The molecular formula is C20H21N3O3S. The van der Waals surface area contributed by atoms with Gasteiger partial charge in [0.15, 0.2) is 11.5 Å². The maximum Gasteiger partial charge on any atom is 0.211 e. The smallest absolute Gasteiger partial charge is 0.211 e. The minimum Gasteiger partial charge on any atom is -0.512 e. The molecule has 2 heterocycles. The van der Waals surface area contributed by atoms with Gasteiger partial charge >= 0.3 is 0 Å². The molecule has 7 heteroatoms. The van der Waals surface area contributed by atoms with Crippen LogP contribution in [0.3, 0.4) is 0 Å². The van der Waals surface area contributed by atoms with Crippen molar-refractivity contribution in [3.05, 3.63) is 58.3 Å². The number of aliphatic hydroxyl groups is 1. The second-order valence-corrected chi connectivity index (χ2v) is 7.26. The first-order valence-corrected chi connectivity index (χ1v) is 9.40. The Morgan fingerprint density at radius 3 is 2.70 bits per heavy atom. The summed E-state index contributed by atoms with van der Waals surface area (Å²) in [6.07, 6.45) is 1.59. The number of aliphatic hydroxyl groups excluding tert-OH is 1. The molecule has 1 aromatic carbocycles. The second kappa shape index (κ2) is 8.18. The molecule has 0 unspecified atom stereocenters. The summed E-state index contributed by atoms with van der Waals surface area (Å²) >= 11 is 1.48. The number of carbonyl (C=O) groups is 1. The summed E-state index contributed by atoms with van der Waals surface area (Å²) in [6.45, 7) is 4.24. The number of thiophene rings is 1. The number of aromatic nitrogens is 2. The van der Waals surface area contributed by atoms with Gasteiger partial charge in [0.1, 0.15) is 16.1 Å². The summed E-state index contributed by atoms with van der Waals surface area (Å²) in [4.78, 5) is 23.4. The molecule has 2 aromatic heterocycles. The first-order chi connectivity index (χ1) is 13.0. The maximum absolute atomic E-state index is 12.6. The lowest BCUT2D eigenvalue weighted by Gasteiger charge is -2.10. The van der Waals surface area contributed by atoms with Crippen LogP contribution in [0.2, 0.25) is 0 Å². The van der Waals surface area contributed by atoms with Crippen molar-refractivity contribution in [2.75, 3.05) is 12.4 Å². The van der Waals surface area contributed by atoms with Crippen LogP contribution in [0.5, 0.6) is 5.75 Å². The van der Waals surface area contributed by atoms with Crippen molar-refractivity contribution in [1.82, 2.24) is 9.97 Å². The van der Waals surface area contributed by atoms with Gasteiger partial charge in [0.25, 0.3) is 0 Å². The number of hydrogen-bond donors (Lipinski definition) is 2. The van der Waals surface area contributed by atoms with Crippen LogP contribution in [-0.4, -0.2) is 28.0 Å². The van der Waals surface area contributed by atoms with Gasteiger partial charge in [-0.15, -0.1) is 11.3 Å². The Bertz CT molecular complexity index is 994. The van der Waals surface area contributed by atoms with Gasteiger partial charge in [0.05, 0.1) is 12.9 Å². The Balaban J connectivity index is 1.93. The summed E-state index contributed by atoms with van der Waals surface area (Å²) < 4.78 is 5.16. The molecule has 0 atom stereocenters. The quantitative estimate of drug-likeness (QED) is 0.351. The molecular weight excluding hydrogens is 362 g/mol.